The molecule has 0 bridgehead atoms. The van der Waals surface area contributed by atoms with Gasteiger partial charge in [-0.2, -0.15) is 0 Å². The summed E-state index contributed by atoms with van der Waals surface area (Å²) in [6.45, 7) is 0. The summed E-state index contributed by atoms with van der Waals surface area (Å²) in [4.78, 5) is 15.6. The number of hydrogen-bond donors (Lipinski definition) is 0. The number of nitrogens with zero attached hydrogens (tertiary/aromatic N) is 4. The van der Waals surface area contributed by atoms with Crippen molar-refractivity contribution < 1.29 is 0 Å². The summed E-state index contributed by atoms with van der Waals surface area (Å²) in [5, 5.41) is 7.42. The molecule has 280 valence electrons. The minimum absolute atomic E-state index is 0.613. The Kier molecular flexibility index (Phi) is 8.00. The van der Waals surface area contributed by atoms with Crippen LogP contribution in [0.2, 0.25) is 0 Å². The Morgan fingerprint density at radius 3 is 1.68 bits per heavy atom. The lowest BCUT2D eigenvalue weighted by molar-refractivity contribution is 1.07. The summed E-state index contributed by atoms with van der Waals surface area (Å²) in [6, 6.07) is 73.4. The maximum Gasteiger partial charge on any atom is 0.164 e. The van der Waals surface area contributed by atoms with Gasteiger partial charge in [0, 0.05) is 53.2 Å². The third kappa shape index (κ3) is 5.78. The molecular formula is C55H34N4S. The van der Waals surface area contributed by atoms with Gasteiger partial charge in [0.1, 0.15) is 0 Å². The standard InChI is InChI=1S/C55H34N4S/c1-3-14-35(15-4-1)43-28-26-42(34-49(43)59-48-24-11-9-22-44(48)46-31-38-18-7-8-19-39(38)33-50(46)59)55-57-53(36-16-5-2-6-17-36)56-54(58-55)41-21-13-20-37(30-41)40-27-29-52-47(32-40)45-23-10-12-25-51(45)60-52/h1-34H. The number of rotatable bonds is 6. The summed E-state index contributed by atoms with van der Waals surface area (Å²) < 4.78 is 5.01. The van der Waals surface area contributed by atoms with Crippen molar-refractivity contribution in [3.63, 3.8) is 0 Å². The zero-order chi connectivity index (χ0) is 39.6. The lowest BCUT2D eigenvalue weighted by Crippen LogP contribution is -2.02. The van der Waals surface area contributed by atoms with Crippen LogP contribution in [0.5, 0.6) is 0 Å². The fourth-order valence-electron chi connectivity index (χ4n) is 8.73. The molecule has 12 rings (SSSR count). The molecule has 3 heterocycles. The van der Waals surface area contributed by atoms with Crippen molar-refractivity contribution in [2.24, 2.45) is 0 Å². The van der Waals surface area contributed by atoms with Gasteiger partial charge in [0.25, 0.3) is 0 Å². The van der Waals surface area contributed by atoms with Crippen molar-refractivity contribution >= 4 is 64.1 Å². The van der Waals surface area contributed by atoms with E-state index in [0.29, 0.717) is 17.5 Å². The molecule has 12 aromatic rings. The first-order valence-electron chi connectivity index (χ1n) is 20.2. The minimum atomic E-state index is 0.613. The van der Waals surface area contributed by atoms with Crippen molar-refractivity contribution in [2.75, 3.05) is 0 Å². The number of aromatic nitrogens is 4. The van der Waals surface area contributed by atoms with Crippen LogP contribution in [0.1, 0.15) is 0 Å². The second kappa shape index (κ2) is 14.0. The largest absolute Gasteiger partial charge is 0.309 e. The first-order valence-corrected chi connectivity index (χ1v) is 21.0. The number of thiophene rings is 1. The number of fused-ring (bicyclic) bond motifs is 7. The predicted octanol–water partition coefficient (Wildman–Crippen LogP) is 14.8. The molecular weight excluding hydrogens is 749 g/mol. The first-order chi connectivity index (χ1) is 29.7. The normalized spacial score (nSPS) is 11.7. The molecule has 60 heavy (non-hydrogen) atoms. The number of para-hydroxylation sites is 1. The number of hydrogen-bond acceptors (Lipinski definition) is 4. The topological polar surface area (TPSA) is 43.6 Å². The highest BCUT2D eigenvalue weighted by molar-refractivity contribution is 7.25. The Hall–Kier alpha value is -7.73. The van der Waals surface area contributed by atoms with Crippen LogP contribution < -0.4 is 0 Å². The molecule has 0 aliphatic rings. The molecule has 0 radical (unpaired) electrons. The van der Waals surface area contributed by atoms with Crippen LogP contribution in [-0.4, -0.2) is 19.5 Å². The monoisotopic (exact) mass is 782 g/mol. The van der Waals surface area contributed by atoms with Crippen LogP contribution >= 0.6 is 11.3 Å². The maximum atomic E-state index is 5.28. The predicted molar refractivity (Wildman–Crippen MR) is 252 cm³/mol. The van der Waals surface area contributed by atoms with Crippen LogP contribution in [0.15, 0.2) is 206 Å². The lowest BCUT2D eigenvalue weighted by atomic mass is 10.00. The maximum absolute atomic E-state index is 5.28. The van der Waals surface area contributed by atoms with E-state index in [4.69, 9.17) is 15.0 Å². The number of benzene rings is 9. The van der Waals surface area contributed by atoms with Crippen molar-refractivity contribution in [1.29, 1.82) is 0 Å². The summed E-state index contributed by atoms with van der Waals surface area (Å²) in [7, 11) is 0. The zero-order valence-corrected chi connectivity index (χ0v) is 33.1. The Balaban J connectivity index is 1.06. The van der Waals surface area contributed by atoms with Gasteiger partial charge in [0.05, 0.1) is 16.7 Å². The smallest absolute Gasteiger partial charge is 0.164 e. The Labute approximate surface area is 350 Å². The summed E-state index contributed by atoms with van der Waals surface area (Å²) in [5.74, 6) is 1.87. The van der Waals surface area contributed by atoms with Crippen LogP contribution in [-0.2, 0) is 0 Å². The van der Waals surface area contributed by atoms with Crippen molar-refractivity contribution in [3.05, 3.63) is 206 Å². The van der Waals surface area contributed by atoms with E-state index in [1.54, 1.807) is 0 Å². The average Bonchev–Trinajstić information content (AvgIpc) is 3.86. The van der Waals surface area contributed by atoms with Crippen LogP contribution in [0.4, 0.5) is 0 Å². The van der Waals surface area contributed by atoms with E-state index in [-0.39, 0.29) is 0 Å². The van der Waals surface area contributed by atoms with Crippen LogP contribution in [0.3, 0.4) is 0 Å². The van der Waals surface area contributed by atoms with Crippen LogP contribution in [0.25, 0.3) is 115 Å². The first kappa shape index (κ1) is 34.3. The summed E-state index contributed by atoms with van der Waals surface area (Å²) in [6.07, 6.45) is 0. The SMILES string of the molecule is c1ccc(-c2nc(-c3cccc(-c4ccc5sc6ccccc6c5c4)c3)nc(-c3ccc(-c4ccccc4)c(-n4c5ccccc5c5cc6ccccc6cc54)c3)n2)cc1. The van der Waals surface area contributed by atoms with Crippen molar-refractivity contribution in [1.82, 2.24) is 19.5 Å². The molecule has 0 atom stereocenters. The minimum Gasteiger partial charge on any atom is -0.309 e. The van der Waals surface area contributed by atoms with Gasteiger partial charge in [-0.25, -0.2) is 15.0 Å². The van der Waals surface area contributed by atoms with E-state index >= 15 is 0 Å². The Morgan fingerprint density at radius 2 is 0.883 bits per heavy atom. The van der Waals surface area contributed by atoms with Gasteiger partial charge >= 0.3 is 0 Å². The fraction of sp³-hybridized carbons (Fsp3) is 0. The third-order valence-electron chi connectivity index (χ3n) is 11.6. The highest BCUT2D eigenvalue weighted by Crippen LogP contribution is 2.41. The quantitative estimate of drug-likeness (QED) is 0.169. The molecule has 0 saturated carbocycles. The van der Waals surface area contributed by atoms with E-state index in [1.165, 1.54) is 41.7 Å². The van der Waals surface area contributed by atoms with E-state index < -0.39 is 0 Å². The molecule has 9 aromatic carbocycles. The van der Waals surface area contributed by atoms with E-state index in [9.17, 15) is 0 Å². The van der Waals surface area contributed by atoms with Gasteiger partial charge in [-0.05, 0) is 76.0 Å². The third-order valence-corrected chi connectivity index (χ3v) is 12.8. The van der Waals surface area contributed by atoms with Gasteiger partial charge in [-0.15, -0.1) is 11.3 Å². The fourth-order valence-corrected chi connectivity index (χ4v) is 9.81. The summed E-state index contributed by atoms with van der Waals surface area (Å²) in [5.41, 5.74) is 10.6. The van der Waals surface area contributed by atoms with Gasteiger partial charge in [-0.3, -0.25) is 0 Å². The van der Waals surface area contributed by atoms with Gasteiger partial charge in [0.2, 0.25) is 0 Å². The molecule has 3 aromatic heterocycles. The second-order valence-corrected chi connectivity index (χ2v) is 16.3. The van der Waals surface area contributed by atoms with Gasteiger partial charge in [-0.1, -0.05) is 158 Å². The molecule has 4 nitrogen and oxygen atoms in total. The van der Waals surface area contributed by atoms with Crippen molar-refractivity contribution in [3.8, 4) is 62.1 Å². The van der Waals surface area contributed by atoms with Gasteiger partial charge in [0.15, 0.2) is 17.5 Å². The second-order valence-electron chi connectivity index (χ2n) is 15.2. The molecule has 5 heteroatoms. The highest BCUT2D eigenvalue weighted by atomic mass is 32.1. The molecule has 0 saturated heterocycles. The Morgan fingerprint density at radius 1 is 0.317 bits per heavy atom. The average molecular weight is 783 g/mol. The molecule has 0 amide bonds. The lowest BCUT2D eigenvalue weighted by Gasteiger charge is -2.16. The molecule has 0 aliphatic carbocycles. The Bertz CT molecular complexity index is 3610. The molecule has 0 spiro atoms. The molecule has 0 unspecified atom stereocenters. The van der Waals surface area contributed by atoms with Gasteiger partial charge < -0.3 is 4.57 Å². The van der Waals surface area contributed by atoms with E-state index in [2.05, 4.69) is 193 Å². The van der Waals surface area contributed by atoms with E-state index in [0.717, 1.165) is 55.7 Å². The van der Waals surface area contributed by atoms with Crippen LogP contribution in [0, 0.1) is 0 Å². The highest BCUT2D eigenvalue weighted by Gasteiger charge is 2.20. The summed E-state index contributed by atoms with van der Waals surface area (Å²) >= 11 is 1.84. The van der Waals surface area contributed by atoms with E-state index in [1.807, 2.05) is 29.5 Å². The molecule has 0 N–H and O–H groups in total. The molecule has 0 fully saturated rings. The van der Waals surface area contributed by atoms with Crippen molar-refractivity contribution in [2.45, 2.75) is 0 Å². The zero-order valence-electron chi connectivity index (χ0n) is 32.3. The molecule has 0 aliphatic heterocycles.